The van der Waals surface area contributed by atoms with Crippen LogP contribution in [0.4, 0.5) is 0 Å². The molecular formula is C22H26N2O2. The molecular weight excluding hydrogens is 324 g/mol. The molecule has 1 saturated heterocycles. The molecule has 136 valence electrons. The average Bonchev–Trinajstić information content (AvgIpc) is 2.67. The quantitative estimate of drug-likeness (QED) is 0.916. The van der Waals surface area contributed by atoms with E-state index in [-0.39, 0.29) is 11.8 Å². The summed E-state index contributed by atoms with van der Waals surface area (Å²) < 4.78 is 0. The van der Waals surface area contributed by atoms with E-state index in [0.717, 1.165) is 42.6 Å². The van der Waals surface area contributed by atoms with Crippen LogP contribution < -0.4 is 5.32 Å². The smallest absolute Gasteiger partial charge is 0.253 e. The third-order valence-electron chi connectivity index (χ3n) is 5.07. The zero-order valence-corrected chi connectivity index (χ0v) is 15.5. The van der Waals surface area contributed by atoms with Gasteiger partial charge in [0, 0.05) is 30.8 Å². The third kappa shape index (κ3) is 4.51. The van der Waals surface area contributed by atoms with E-state index in [1.165, 1.54) is 0 Å². The Balaban J connectivity index is 1.46. The Hall–Kier alpha value is -2.62. The summed E-state index contributed by atoms with van der Waals surface area (Å²) in [4.78, 5) is 26.7. The maximum absolute atomic E-state index is 12.6. The predicted molar refractivity (Wildman–Crippen MR) is 103 cm³/mol. The van der Waals surface area contributed by atoms with E-state index in [2.05, 4.69) is 5.32 Å². The molecule has 0 aliphatic carbocycles. The van der Waals surface area contributed by atoms with Gasteiger partial charge >= 0.3 is 0 Å². The van der Waals surface area contributed by atoms with Gasteiger partial charge in [-0.15, -0.1) is 0 Å². The van der Waals surface area contributed by atoms with Gasteiger partial charge < -0.3 is 10.2 Å². The highest BCUT2D eigenvalue weighted by Crippen LogP contribution is 2.19. The second-order valence-electron chi connectivity index (χ2n) is 7.18. The number of nitrogens with zero attached hydrogens (tertiary/aromatic N) is 1. The molecule has 2 aromatic carbocycles. The molecule has 2 amide bonds. The topological polar surface area (TPSA) is 49.4 Å². The second-order valence-corrected chi connectivity index (χ2v) is 7.18. The number of nitrogens with one attached hydrogen (secondary N) is 1. The minimum absolute atomic E-state index is 0.0249. The number of likely N-dealkylation sites (tertiary alicyclic amines) is 1. The number of benzene rings is 2. The second kappa shape index (κ2) is 8.17. The van der Waals surface area contributed by atoms with Crippen LogP contribution in [-0.4, -0.2) is 36.3 Å². The Morgan fingerprint density at radius 3 is 1.92 bits per heavy atom. The van der Waals surface area contributed by atoms with Crippen molar-refractivity contribution < 1.29 is 9.59 Å². The zero-order valence-electron chi connectivity index (χ0n) is 15.5. The van der Waals surface area contributed by atoms with Gasteiger partial charge in [0.25, 0.3) is 11.8 Å². The minimum atomic E-state index is -0.0249. The van der Waals surface area contributed by atoms with Gasteiger partial charge in [-0.05, 0) is 56.9 Å². The first-order valence-electron chi connectivity index (χ1n) is 9.24. The molecule has 1 aliphatic heterocycles. The largest absolute Gasteiger partial charge is 0.352 e. The van der Waals surface area contributed by atoms with Crippen molar-refractivity contribution in [3.63, 3.8) is 0 Å². The average molecular weight is 350 g/mol. The number of carbonyl (C=O) groups is 2. The van der Waals surface area contributed by atoms with E-state index in [4.69, 9.17) is 0 Å². The number of piperidine rings is 1. The zero-order chi connectivity index (χ0) is 18.5. The lowest BCUT2D eigenvalue weighted by molar-refractivity contribution is 0.0684. The molecule has 2 aromatic rings. The SMILES string of the molecule is Cc1ccc(C(=O)NCC2CCN(C(=O)c3ccc(C)cc3)CC2)cc1. The van der Waals surface area contributed by atoms with Gasteiger partial charge in [0.2, 0.25) is 0 Å². The maximum Gasteiger partial charge on any atom is 0.253 e. The molecule has 0 spiro atoms. The van der Waals surface area contributed by atoms with Crippen molar-refractivity contribution in [2.24, 2.45) is 5.92 Å². The van der Waals surface area contributed by atoms with Crippen LogP contribution in [-0.2, 0) is 0 Å². The summed E-state index contributed by atoms with van der Waals surface area (Å²) in [6.45, 7) is 6.19. The minimum Gasteiger partial charge on any atom is -0.352 e. The first kappa shape index (κ1) is 18.2. The van der Waals surface area contributed by atoms with Crippen LogP contribution in [0.15, 0.2) is 48.5 Å². The molecule has 1 fully saturated rings. The molecule has 0 aromatic heterocycles. The standard InChI is InChI=1S/C22H26N2O2/c1-16-3-7-19(8-4-16)21(25)23-15-18-11-13-24(14-12-18)22(26)20-9-5-17(2)6-10-20/h3-10,18H,11-15H2,1-2H3,(H,23,25). The normalized spacial score (nSPS) is 14.9. The molecule has 0 unspecified atom stereocenters. The molecule has 1 aliphatic rings. The summed E-state index contributed by atoms with van der Waals surface area (Å²) in [5.41, 5.74) is 3.75. The first-order chi connectivity index (χ1) is 12.5. The van der Waals surface area contributed by atoms with E-state index in [1.54, 1.807) is 0 Å². The van der Waals surface area contributed by atoms with E-state index >= 15 is 0 Å². The summed E-state index contributed by atoms with van der Waals surface area (Å²) >= 11 is 0. The summed E-state index contributed by atoms with van der Waals surface area (Å²) in [6.07, 6.45) is 1.84. The fourth-order valence-corrected chi connectivity index (χ4v) is 3.26. The molecule has 0 saturated carbocycles. The first-order valence-corrected chi connectivity index (χ1v) is 9.24. The van der Waals surface area contributed by atoms with Crippen LogP contribution in [0.5, 0.6) is 0 Å². The fourth-order valence-electron chi connectivity index (χ4n) is 3.26. The van der Waals surface area contributed by atoms with Crippen molar-refractivity contribution in [3.8, 4) is 0 Å². The van der Waals surface area contributed by atoms with Gasteiger partial charge in [-0.3, -0.25) is 9.59 Å². The van der Waals surface area contributed by atoms with Gasteiger partial charge in [0.1, 0.15) is 0 Å². The molecule has 0 radical (unpaired) electrons. The summed E-state index contributed by atoms with van der Waals surface area (Å²) in [7, 11) is 0. The van der Waals surface area contributed by atoms with Crippen molar-refractivity contribution in [1.82, 2.24) is 10.2 Å². The van der Waals surface area contributed by atoms with E-state index in [1.807, 2.05) is 67.3 Å². The van der Waals surface area contributed by atoms with Crippen LogP contribution in [0.1, 0.15) is 44.7 Å². The molecule has 1 N–H and O–H groups in total. The lowest BCUT2D eigenvalue weighted by atomic mass is 9.96. The Morgan fingerprint density at radius 1 is 0.885 bits per heavy atom. The van der Waals surface area contributed by atoms with Gasteiger partial charge in [-0.2, -0.15) is 0 Å². The van der Waals surface area contributed by atoms with E-state index in [0.29, 0.717) is 18.0 Å². The van der Waals surface area contributed by atoms with Crippen LogP contribution in [0.2, 0.25) is 0 Å². The van der Waals surface area contributed by atoms with Crippen molar-refractivity contribution in [2.75, 3.05) is 19.6 Å². The third-order valence-corrected chi connectivity index (χ3v) is 5.07. The van der Waals surface area contributed by atoms with Crippen molar-refractivity contribution >= 4 is 11.8 Å². The Bertz CT molecular complexity index is 758. The van der Waals surface area contributed by atoms with Gasteiger partial charge in [0.05, 0.1) is 0 Å². The lowest BCUT2D eigenvalue weighted by Crippen LogP contribution is -2.41. The Kier molecular flexibility index (Phi) is 5.71. The Labute approximate surface area is 155 Å². The van der Waals surface area contributed by atoms with Gasteiger partial charge in [-0.1, -0.05) is 35.4 Å². The molecule has 4 heteroatoms. The number of aryl methyl sites for hydroxylation is 2. The van der Waals surface area contributed by atoms with Crippen LogP contribution in [0, 0.1) is 19.8 Å². The van der Waals surface area contributed by atoms with Crippen LogP contribution in [0.25, 0.3) is 0 Å². The molecule has 4 nitrogen and oxygen atoms in total. The predicted octanol–water partition coefficient (Wildman–Crippen LogP) is 3.59. The van der Waals surface area contributed by atoms with Crippen LogP contribution >= 0.6 is 0 Å². The number of hydrogen-bond acceptors (Lipinski definition) is 2. The van der Waals surface area contributed by atoms with Crippen molar-refractivity contribution in [3.05, 3.63) is 70.8 Å². The van der Waals surface area contributed by atoms with Crippen LogP contribution in [0.3, 0.4) is 0 Å². The Morgan fingerprint density at radius 2 is 1.38 bits per heavy atom. The molecule has 26 heavy (non-hydrogen) atoms. The monoisotopic (exact) mass is 350 g/mol. The van der Waals surface area contributed by atoms with E-state index < -0.39 is 0 Å². The number of hydrogen-bond donors (Lipinski definition) is 1. The van der Waals surface area contributed by atoms with Gasteiger partial charge in [-0.25, -0.2) is 0 Å². The fraction of sp³-hybridized carbons (Fsp3) is 0.364. The van der Waals surface area contributed by atoms with E-state index in [9.17, 15) is 9.59 Å². The number of rotatable bonds is 4. The number of carbonyl (C=O) groups excluding carboxylic acids is 2. The molecule has 1 heterocycles. The highest BCUT2D eigenvalue weighted by Gasteiger charge is 2.24. The highest BCUT2D eigenvalue weighted by atomic mass is 16.2. The molecule has 0 bridgehead atoms. The maximum atomic E-state index is 12.6. The van der Waals surface area contributed by atoms with Gasteiger partial charge in [0.15, 0.2) is 0 Å². The molecule has 0 atom stereocenters. The molecule has 3 rings (SSSR count). The number of amides is 2. The summed E-state index contributed by atoms with van der Waals surface area (Å²) in [6, 6.07) is 15.3. The summed E-state index contributed by atoms with van der Waals surface area (Å²) in [5, 5.41) is 3.03. The van der Waals surface area contributed by atoms with Crippen molar-refractivity contribution in [1.29, 1.82) is 0 Å². The summed E-state index contributed by atoms with van der Waals surface area (Å²) in [5.74, 6) is 0.502. The van der Waals surface area contributed by atoms with Crippen molar-refractivity contribution in [2.45, 2.75) is 26.7 Å². The lowest BCUT2D eigenvalue weighted by Gasteiger charge is -2.32. The highest BCUT2D eigenvalue weighted by molar-refractivity contribution is 5.94.